The Balaban J connectivity index is 3.40. The van der Waals surface area contributed by atoms with E-state index in [-0.39, 0.29) is 18.6 Å². The molecule has 142 valence electrons. The summed E-state index contributed by atoms with van der Waals surface area (Å²) in [6.45, 7) is 2.16. The molecular weight excluding hydrogens is 304 g/mol. The number of aliphatic hydroxyl groups excluding tert-OH is 2. The molecule has 0 aliphatic rings. The van der Waals surface area contributed by atoms with Crippen LogP contribution in [0.25, 0.3) is 0 Å². The predicted molar refractivity (Wildman–Crippen MR) is 99.1 cm³/mol. The maximum absolute atomic E-state index is 10.4. The van der Waals surface area contributed by atoms with E-state index in [2.05, 4.69) is 13.0 Å². The van der Waals surface area contributed by atoms with E-state index >= 15 is 0 Å². The van der Waals surface area contributed by atoms with Gasteiger partial charge < -0.3 is 15.3 Å². The van der Waals surface area contributed by atoms with Gasteiger partial charge in [0.05, 0.1) is 12.2 Å². The first kappa shape index (κ1) is 23.1. The molecule has 0 aliphatic heterocycles. The van der Waals surface area contributed by atoms with Crippen molar-refractivity contribution in [1.29, 1.82) is 0 Å². The molecule has 0 amide bonds. The second-order valence-electron chi connectivity index (χ2n) is 6.79. The van der Waals surface area contributed by atoms with Crippen molar-refractivity contribution in [3.63, 3.8) is 0 Å². The molecule has 0 heterocycles. The van der Waals surface area contributed by atoms with Crippen molar-refractivity contribution in [2.45, 2.75) is 109 Å². The zero-order valence-electron chi connectivity index (χ0n) is 15.5. The normalized spacial score (nSPS) is 14.1. The van der Waals surface area contributed by atoms with Gasteiger partial charge in [-0.15, -0.1) is 0 Å². The average molecular weight is 343 g/mol. The Kier molecular flexibility index (Phi) is 16.4. The van der Waals surface area contributed by atoms with Crippen LogP contribution >= 0.6 is 0 Å². The lowest BCUT2D eigenvalue weighted by Gasteiger charge is -2.09. The molecule has 0 saturated carbocycles. The number of hydrogen-bond donors (Lipinski definition) is 3. The van der Waals surface area contributed by atoms with Crippen molar-refractivity contribution >= 4 is 5.97 Å². The second-order valence-corrected chi connectivity index (χ2v) is 6.79. The number of rotatable bonds is 17. The lowest BCUT2D eigenvalue weighted by molar-refractivity contribution is -0.137. The Bertz CT molecular complexity index is 315. The van der Waals surface area contributed by atoms with Gasteiger partial charge in [-0.1, -0.05) is 64.0 Å². The first-order valence-electron chi connectivity index (χ1n) is 9.79. The topological polar surface area (TPSA) is 77.8 Å². The van der Waals surface area contributed by atoms with Gasteiger partial charge >= 0.3 is 5.97 Å². The summed E-state index contributed by atoms with van der Waals surface area (Å²) in [5, 5.41) is 28.2. The van der Waals surface area contributed by atoms with E-state index in [1.807, 2.05) is 6.08 Å². The molecule has 0 aromatic carbocycles. The highest BCUT2D eigenvalue weighted by atomic mass is 16.4. The Morgan fingerprint density at radius 1 is 0.833 bits per heavy atom. The average Bonchev–Trinajstić information content (AvgIpc) is 2.53. The summed E-state index contributed by atoms with van der Waals surface area (Å²) in [6, 6.07) is 0. The van der Waals surface area contributed by atoms with Crippen molar-refractivity contribution in [3.05, 3.63) is 12.2 Å². The lowest BCUT2D eigenvalue weighted by atomic mass is 10.0. The summed E-state index contributed by atoms with van der Waals surface area (Å²) in [4.78, 5) is 10.4. The molecule has 0 aliphatic carbocycles. The van der Waals surface area contributed by atoms with Crippen LogP contribution in [0.5, 0.6) is 0 Å². The van der Waals surface area contributed by atoms with Crippen LogP contribution in [0, 0.1) is 0 Å². The van der Waals surface area contributed by atoms with Gasteiger partial charge in [-0.2, -0.15) is 0 Å². The fourth-order valence-electron chi connectivity index (χ4n) is 2.74. The van der Waals surface area contributed by atoms with Gasteiger partial charge in [0.25, 0.3) is 0 Å². The maximum Gasteiger partial charge on any atom is 0.303 e. The number of allylic oxidation sites excluding steroid dienone is 1. The van der Waals surface area contributed by atoms with Gasteiger partial charge in [-0.3, -0.25) is 4.79 Å². The summed E-state index contributed by atoms with van der Waals surface area (Å²) >= 11 is 0. The highest BCUT2D eigenvalue weighted by Gasteiger charge is 2.04. The van der Waals surface area contributed by atoms with E-state index in [4.69, 9.17) is 5.11 Å². The summed E-state index contributed by atoms with van der Waals surface area (Å²) in [6.07, 6.45) is 16.3. The van der Waals surface area contributed by atoms with Crippen LogP contribution in [0.2, 0.25) is 0 Å². The molecule has 0 aromatic rings. The van der Waals surface area contributed by atoms with Crippen molar-refractivity contribution in [2.24, 2.45) is 0 Å². The monoisotopic (exact) mass is 342 g/mol. The molecule has 0 aromatic heterocycles. The Labute approximate surface area is 148 Å². The third-order valence-corrected chi connectivity index (χ3v) is 4.31. The minimum atomic E-state index is -0.716. The highest BCUT2D eigenvalue weighted by molar-refractivity contribution is 5.66. The molecule has 0 spiro atoms. The first-order valence-corrected chi connectivity index (χ1v) is 9.79. The molecular formula is C20H38O4. The van der Waals surface area contributed by atoms with Crippen LogP contribution in [-0.4, -0.2) is 33.5 Å². The fourth-order valence-corrected chi connectivity index (χ4v) is 2.74. The second kappa shape index (κ2) is 17.0. The lowest BCUT2D eigenvalue weighted by Crippen LogP contribution is -2.06. The van der Waals surface area contributed by atoms with Crippen LogP contribution in [-0.2, 0) is 4.79 Å². The largest absolute Gasteiger partial charge is 0.481 e. The van der Waals surface area contributed by atoms with Gasteiger partial charge in [0.2, 0.25) is 0 Å². The number of carboxylic acid groups (broad SMARTS) is 1. The molecule has 4 heteroatoms. The number of carbonyl (C=O) groups is 1. The SMILES string of the molecule is CCCCCC(O)CC=CCCC(O)CCCCCCCC(=O)O. The molecule has 2 unspecified atom stereocenters. The van der Waals surface area contributed by atoms with E-state index in [1.165, 1.54) is 12.8 Å². The standard InChI is InChI=1S/C20H38O4/c1-2-3-8-13-18(21)15-10-7-11-16-19(22)14-9-5-4-6-12-17-20(23)24/h7,10,18-19,21-22H,2-6,8-9,11-17H2,1H3,(H,23,24). The van der Waals surface area contributed by atoms with Crippen LogP contribution < -0.4 is 0 Å². The maximum atomic E-state index is 10.4. The Morgan fingerprint density at radius 2 is 1.46 bits per heavy atom. The molecule has 0 fully saturated rings. The van der Waals surface area contributed by atoms with E-state index in [0.29, 0.717) is 0 Å². The van der Waals surface area contributed by atoms with Gasteiger partial charge in [-0.25, -0.2) is 0 Å². The number of hydrogen-bond acceptors (Lipinski definition) is 3. The highest BCUT2D eigenvalue weighted by Crippen LogP contribution is 2.12. The van der Waals surface area contributed by atoms with Crippen LogP contribution in [0.1, 0.15) is 96.8 Å². The third kappa shape index (κ3) is 17.5. The smallest absolute Gasteiger partial charge is 0.303 e. The zero-order valence-corrected chi connectivity index (χ0v) is 15.5. The summed E-state index contributed by atoms with van der Waals surface area (Å²) in [5.74, 6) is -0.716. The summed E-state index contributed by atoms with van der Waals surface area (Å²) in [5.41, 5.74) is 0. The van der Waals surface area contributed by atoms with Crippen molar-refractivity contribution in [3.8, 4) is 0 Å². The molecule has 0 bridgehead atoms. The fraction of sp³-hybridized carbons (Fsp3) is 0.850. The van der Waals surface area contributed by atoms with E-state index < -0.39 is 5.97 Å². The number of unbranched alkanes of at least 4 members (excludes halogenated alkanes) is 6. The van der Waals surface area contributed by atoms with Crippen LogP contribution in [0.4, 0.5) is 0 Å². The van der Waals surface area contributed by atoms with Crippen LogP contribution in [0.15, 0.2) is 12.2 Å². The van der Waals surface area contributed by atoms with Crippen LogP contribution in [0.3, 0.4) is 0 Å². The molecule has 3 N–H and O–H groups in total. The molecule has 4 nitrogen and oxygen atoms in total. The number of carboxylic acids is 1. The predicted octanol–water partition coefficient (Wildman–Crippen LogP) is 4.83. The van der Waals surface area contributed by atoms with Gasteiger partial charge in [0, 0.05) is 6.42 Å². The van der Waals surface area contributed by atoms with Gasteiger partial charge in [0.1, 0.15) is 0 Å². The minimum absolute atomic E-state index is 0.223. The minimum Gasteiger partial charge on any atom is -0.481 e. The Hall–Kier alpha value is -0.870. The zero-order chi connectivity index (χ0) is 18.0. The number of aliphatic hydroxyl groups is 2. The molecule has 0 saturated heterocycles. The van der Waals surface area contributed by atoms with Gasteiger partial charge in [0.15, 0.2) is 0 Å². The molecule has 24 heavy (non-hydrogen) atoms. The Morgan fingerprint density at radius 3 is 2.17 bits per heavy atom. The van der Waals surface area contributed by atoms with E-state index in [1.54, 1.807) is 0 Å². The van der Waals surface area contributed by atoms with Crippen molar-refractivity contribution in [2.75, 3.05) is 0 Å². The van der Waals surface area contributed by atoms with Crippen molar-refractivity contribution in [1.82, 2.24) is 0 Å². The quantitative estimate of drug-likeness (QED) is 0.261. The van der Waals surface area contributed by atoms with Gasteiger partial charge in [-0.05, 0) is 38.5 Å². The number of aliphatic carboxylic acids is 1. The van der Waals surface area contributed by atoms with E-state index in [0.717, 1.165) is 70.6 Å². The van der Waals surface area contributed by atoms with Crippen molar-refractivity contribution < 1.29 is 20.1 Å². The molecule has 2 atom stereocenters. The summed E-state index contributed by atoms with van der Waals surface area (Å²) in [7, 11) is 0. The molecule has 0 radical (unpaired) electrons. The molecule has 0 rings (SSSR count). The van der Waals surface area contributed by atoms with E-state index in [9.17, 15) is 15.0 Å². The summed E-state index contributed by atoms with van der Waals surface area (Å²) < 4.78 is 0. The third-order valence-electron chi connectivity index (χ3n) is 4.31. The first-order chi connectivity index (χ1) is 11.6.